The highest BCUT2D eigenvalue weighted by atomic mass is 16.5. The van der Waals surface area contributed by atoms with Crippen molar-refractivity contribution in [1.29, 1.82) is 0 Å². The van der Waals surface area contributed by atoms with Crippen LogP contribution in [0.4, 0.5) is 5.69 Å². The Bertz CT molecular complexity index is 390. The molecule has 0 bridgehead atoms. The van der Waals surface area contributed by atoms with Crippen LogP contribution >= 0.6 is 0 Å². The lowest BCUT2D eigenvalue weighted by Gasteiger charge is -2.12. The van der Waals surface area contributed by atoms with Crippen molar-refractivity contribution in [2.24, 2.45) is 16.5 Å². The summed E-state index contributed by atoms with van der Waals surface area (Å²) in [6.07, 6.45) is 0.763. The van der Waals surface area contributed by atoms with E-state index < -0.39 is 0 Å². The summed E-state index contributed by atoms with van der Waals surface area (Å²) in [6, 6.07) is 5.75. The monoisotopic (exact) mass is 236 g/mol. The number of nitrogens with zero attached hydrogens (tertiary/aromatic N) is 1. The minimum absolute atomic E-state index is 0.413. The Morgan fingerprint density at radius 2 is 2.24 bits per heavy atom. The Labute approximate surface area is 102 Å². The number of nitrogens with two attached hydrogens (primary N) is 2. The zero-order valence-electron chi connectivity index (χ0n) is 10.4. The molecule has 0 heterocycles. The average molecular weight is 236 g/mol. The van der Waals surface area contributed by atoms with Crippen LogP contribution in [0.1, 0.15) is 12.5 Å². The van der Waals surface area contributed by atoms with Crippen LogP contribution in [-0.4, -0.2) is 26.2 Å². The number of rotatable bonds is 5. The molecule has 1 aromatic rings. The Morgan fingerprint density at radius 1 is 1.47 bits per heavy atom. The van der Waals surface area contributed by atoms with E-state index in [4.69, 9.17) is 16.2 Å². The SMILES string of the molecule is CCN=C(N)Nc1ccc(OC)cc1CCN. The molecule has 0 aromatic heterocycles. The summed E-state index contributed by atoms with van der Waals surface area (Å²) in [5.74, 6) is 1.22. The molecule has 5 nitrogen and oxygen atoms in total. The van der Waals surface area contributed by atoms with Crippen LogP contribution in [0.2, 0.25) is 0 Å². The van der Waals surface area contributed by atoms with Crippen molar-refractivity contribution in [3.05, 3.63) is 23.8 Å². The second-order valence-corrected chi connectivity index (χ2v) is 3.55. The molecule has 0 amide bonds. The highest BCUT2D eigenvalue weighted by molar-refractivity contribution is 5.93. The predicted molar refractivity (Wildman–Crippen MR) is 71.5 cm³/mol. The first-order valence-electron chi connectivity index (χ1n) is 5.65. The van der Waals surface area contributed by atoms with Gasteiger partial charge in [-0.1, -0.05) is 0 Å². The van der Waals surface area contributed by atoms with Gasteiger partial charge in [0.1, 0.15) is 5.75 Å². The molecular formula is C12H20N4O. The Kier molecular flexibility index (Phi) is 5.29. The molecule has 0 saturated heterocycles. The van der Waals surface area contributed by atoms with E-state index in [1.807, 2.05) is 25.1 Å². The van der Waals surface area contributed by atoms with Crippen LogP contribution in [0, 0.1) is 0 Å². The highest BCUT2D eigenvalue weighted by Crippen LogP contribution is 2.22. The van der Waals surface area contributed by atoms with E-state index in [2.05, 4.69) is 10.3 Å². The fourth-order valence-electron chi connectivity index (χ4n) is 1.53. The van der Waals surface area contributed by atoms with Gasteiger partial charge in [0.2, 0.25) is 0 Å². The van der Waals surface area contributed by atoms with Gasteiger partial charge < -0.3 is 21.5 Å². The van der Waals surface area contributed by atoms with E-state index in [-0.39, 0.29) is 0 Å². The molecule has 5 N–H and O–H groups in total. The van der Waals surface area contributed by atoms with Crippen LogP contribution in [0.3, 0.4) is 0 Å². The predicted octanol–water partition coefficient (Wildman–Crippen LogP) is 0.943. The molecule has 0 atom stereocenters. The van der Waals surface area contributed by atoms with Gasteiger partial charge in [0.15, 0.2) is 5.96 Å². The average Bonchev–Trinajstić information content (AvgIpc) is 2.32. The second kappa shape index (κ2) is 6.75. The van der Waals surface area contributed by atoms with Gasteiger partial charge in [-0.25, -0.2) is 0 Å². The van der Waals surface area contributed by atoms with Crippen LogP contribution in [0.15, 0.2) is 23.2 Å². The minimum atomic E-state index is 0.413. The van der Waals surface area contributed by atoms with E-state index in [1.165, 1.54) is 0 Å². The first-order valence-corrected chi connectivity index (χ1v) is 5.65. The quantitative estimate of drug-likeness (QED) is 0.524. The van der Waals surface area contributed by atoms with Crippen LogP contribution in [0.5, 0.6) is 5.75 Å². The maximum absolute atomic E-state index is 5.73. The highest BCUT2D eigenvalue weighted by Gasteiger charge is 2.04. The zero-order chi connectivity index (χ0) is 12.7. The number of hydrogen-bond donors (Lipinski definition) is 3. The van der Waals surface area contributed by atoms with Gasteiger partial charge in [0.05, 0.1) is 7.11 Å². The van der Waals surface area contributed by atoms with Gasteiger partial charge in [-0.05, 0) is 43.7 Å². The summed E-state index contributed by atoms with van der Waals surface area (Å²) in [4.78, 5) is 4.08. The van der Waals surface area contributed by atoms with Crippen molar-refractivity contribution in [3.63, 3.8) is 0 Å². The molecule has 0 aliphatic rings. The summed E-state index contributed by atoms with van der Waals surface area (Å²) in [6.45, 7) is 3.16. The maximum atomic E-state index is 5.73. The maximum Gasteiger partial charge on any atom is 0.193 e. The largest absolute Gasteiger partial charge is 0.497 e. The number of anilines is 1. The summed E-state index contributed by atoms with van der Waals surface area (Å²) in [7, 11) is 1.64. The first-order chi connectivity index (χ1) is 8.21. The molecule has 0 fully saturated rings. The van der Waals surface area contributed by atoms with Crippen LogP contribution < -0.4 is 21.5 Å². The third-order valence-corrected chi connectivity index (χ3v) is 2.32. The normalized spacial score (nSPS) is 11.4. The van der Waals surface area contributed by atoms with E-state index in [1.54, 1.807) is 7.11 Å². The third-order valence-electron chi connectivity index (χ3n) is 2.32. The Morgan fingerprint density at radius 3 is 2.82 bits per heavy atom. The van der Waals surface area contributed by atoms with E-state index in [9.17, 15) is 0 Å². The molecule has 0 saturated carbocycles. The lowest BCUT2D eigenvalue weighted by molar-refractivity contribution is 0.414. The molecule has 17 heavy (non-hydrogen) atoms. The van der Waals surface area contributed by atoms with Crippen LogP contribution in [-0.2, 0) is 6.42 Å². The Hall–Kier alpha value is -1.75. The molecule has 0 aliphatic heterocycles. The molecule has 1 rings (SSSR count). The molecular weight excluding hydrogens is 216 g/mol. The number of nitrogens with one attached hydrogen (secondary N) is 1. The van der Waals surface area contributed by atoms with Gasteiger partial charge in [-0.15, -0.1) is 0 Å². The van der Waals surface area contributed by atoms with Gasteiger partial charge in [0.25, 0.3) is 0 Å². The molecule has 94 valence electrons. The molecule has 0 aliphatic carbocycles. The summed E-state index contributed by atoms with van der Waals surface area (Å²) in [5, 5.41) is 3.06. The van der Waals surface area contributed by atoms with Gasteiger partial charge >= 0.3 is 0 Å². The fraction of sp³-hybridized carbons (Fsp3) is 0.417. The number of hydrogen-bond acceptors (Lipinski definition) is 3. The van der Waals surface area contributed by atoms with Crippen molar-refractivity contribution in [3.8, 4) is 5.75 Å². The van der Waals surface area contributed by atoms with Crippen molar-refractivity contribution >= 4 is 11.6 Å². The minimum Gasteiger partial charge on any atom is -0.497 e. The molecule has 0 unspecified atom stereocenters. The van der Waals surface area contributed by atoms with Crippen molar-refractivity contribution < 1.29 is 4.74 Å². The number of aliphatic imine (C=N–C) groups is 1. The van der Waals surface area contributed by atoms with Gasteiger partial charge in [0, 0.05) is 12.2 Å². The van der Waals surface area contributed by atoms with Crippen molar-refractivity contribution in [1.82, 2.24) is 0 Å². The van der Waals surface area contributed by atoms with E-state index in [0.717, 1.165) is 23.4 Å². The lowest BCUT2D eigenvalue weighted by Crippen LogP contribution is -2.23. The smallest absolute Gasteiger partial charge is 0.193 e. The van der Waals surface area contributed by atoms with E-state index in [0.29, 0.717) is 19.0 Å². The summed E-state index contributed by atoms with van der Waals surface area (Å²) >= 11 is 0. The number of methoxy groups -OCH3 is 1. The second-order valence-electron chi connectivity index (χ2n) is 3.55. The van der Waals surface area contributed by atoms with Gasteiger partial charge in [-0.3, -0.25) is 4.99 Å². The molecule has 5 heteroatoms. The zero-order valence-corrected chi connectivity index (χ0v) is 10.4. The Balaban J connectivity index is 2.93. The van der Waals surface area contributed by atoms with Crippen LogP contribution in [0.25, 0.3) is 0 Å². The number of guanidine groups is 1. The number of benzene rings is 1. The summed E-state index contributed by atoms with van der Waals surface area (Å²) < 4.78 is 5.18. The topological polar surface area (TPSA) is 85.7 Å². The molecule has 0 spiro atoms. The number of ether oxygens (including phenoxy) is 1. The third kappa shape index (κ3) is 3.96. The fourth-order valence-corrected chi connectivity index (χ4v) is 1.53. The molecule has 1 aromatic carbocycles. The molecule has 0 radical (unpaired) electrons. The van der Waals surface area contributed by atoms with Crippen molar-refractivity contribution in [2.75, 3.05) is 25.5 Å². The standard InChI is InChI=1S/C12H20N4O/c1-3-15-12(14)16-11-5-4-10(17-2)8-9(11)6-7-13/h4-5,8H,3,6-7,13H2,1-2H3,(H3,14,15,16). The van der Waals surface area contributed by atoms with Crippen molar-refractivity contribution in [2.45, 2.75) is 13.3 Å². The van der Waals surface area contributed by atoms with Gasteiger partial charge in [-0.2, -0.15) is 0 Å². The van der Waals surface area contributed by atoms with E-state index >= 15 is 0 Å². The summed E-state index contributed by atoms with van der Waals surface area (Å²) in [5.41, 5.74) is 13.3. The lowest BCUT2D eigenvalue weighted by atomic mass is 10.1. The first kappa shape index (κ1) is 13.3.